The van der Waals surface area contributed by atoms with Crippen LogP contribution < -0.4 is 0 Å². The Bertz CT molecular complexity index is 748. The van der Waals surface area contributed by atoms with Gasteiger partial charge in [-0.05, 0) is 56.1 Å². The number of carbonyl (C=O) groups excluding carboxylic acids is 2. The standard InChI is InChI=1S/C23H32N2O4/c1-28-23(29-2)20-10-6-14-25(20)22(27)19-9-5-13-24(19)21(26)18-12-11-16-7-3-4-8-17(16)15-18/h3-4,7-8,18-20,23H,5-6,9-15H2,1-2H3/t18-,19+,20?/m1/s1. The molecule has 2 aliphatic heterocycles. The Morgan fingerprint density at radius 1 is 0.931 bits per heavy atom. The summed E-state index contributed by atoms with van der Waals surface area (Å²) >= 11 is 0. The molecule has 3 atom stereocenters. The Hall–Kier alpha value is -1.92. The molecule has 0 aromatic heterocycles. The van der Waals surface area contributed by atoms with Crippen molar-refractivity contribution in [2.24, 2.45) is 5.92 Å². The molecule has 1 unspecified atom stereocenters. The number of nitrogens with zero attached hydrogens (tertiary/aromatic N) is 2. The lowest BCUT2D eigenvalue weighted by atomic mass is 9.83. The lowest BCUT2D eigenvalue weighted by molar-refractivity contribution is -0.162. The van der Waals surface area contributed by atoms with Crippen molar-refractivity contribution in [3.05, 3.63) is 35.4 Å². The highest BCUT2D eigenvalue weighted by Crippen LogP contribution is 2.31. The topological polar surface area (TPSA) is 59.1 Å². The molecule has 2 fully saturated rings. The van der Waals surface area contributed by atoms with Crippen LogP contribution in [-0.4, -0.2) is 67.3 Å². The molecule has 2 amide bonds. The van der Waals surface area contributed by atoms with Crippen molar-refractivity contribution >= 4 is 11.8 Å². The van der Waals surface area contributed by atoms with Crippen LogP contribution in [0, 0.1) is 5.92 Å². The van der Waals surface area contributed by atoms with Gasteiger partial charge in [0.1, 0.15) is 6.04 Å². The van der Waals surface area contributed by atoms with Crippen molar-refractivity contribution in [3.63, 3.8) is 0 Å². The van der Waals surface area contributed by atoms with Crippen LogP contribution in [0.3, 0.4) is 0 Å². The lowest BCUT2D eigenvalue weighted by Crippen LogP contribution is -2.53. The Kier molecular flexibility index (Phi) is 6.20. The minimum Gasteiger partial charge on any atom is -0.354 e. The average molecular weight is 401 g/mol. The number of rotatable bonds is 5. The fourth-order valence-electron chi connectivity index (χ4n) is 5.38. The van der Waals surface area contributed by atoms with Gasteiger partial charge in [0.25, 0.3) is 0 Å². The molecule has 158 valence electrons. The van der Waals surface area contributed by atoms with Crippen molar-refractivity contribution in [1.82, 2.24) is 9.80 Å². The second-order valence-electron chi connectivity index (χ2n) is 8.48. The zero-order chi connectivity index (χ0) is 20.4. The molecule has 4 rings (SSSR count). The van der Waals surface area contributed by atoms with E-state index in [0.29, 0.717) is 13.1 Å². The molecule has 0 spiro atoms. The first kappa shape index (κ1) is 20.4. The van der Waals surface area contributed by atoms with Gasteiger partial charge in [0.2, 0.25) is 11.8 Å². The highest BCUT2D eigenvalue weighted by Gasteiger charge is 2.43. The molecule has 6 nitrogen and oxygen atoms in total. The molecule has 0 saturated carbocycles. The van der Waals surface area contributed by atoms with Gasteiger partial charge in [0.05, 0.1) is 6.04 Å². The monoisotopic (exact) mass is 400 g/mol. The number of methoxy groups -OCH3 is 2. The van der Waals surface area contributed by atoms with Crippen LogP contribution in [-0.2, 0) is 31.9 Å². The summed E-state index contributed by atoms with van der Waals surface area (Å²) in [5.74, 6) is 0.202. The van der Waals surface area contributed by atoms with Gasteiger partial charge in [-0.3, -0.25) is 9.59 Å². The first-order valence-corrected chi connectivity index (χ1v) is 10.9. The van der Waals surface area contributed by atoms with Crippen LogP contribution in [0.25, 0.3) is 0 Å². The van der Waals surface area contributed by atoms with Gasteiger partial charge in [-0.25, -0.2) is 0 Å². The third kappa shape index (κ3) is 3.92. The maximum Gasteiger partial charge on any atom is 0.245 e. The Labute approximate surface area is 173 Å². The molecule has 29 heavy (non-hydrogen) atoms. The Morgan fingerprint density at radius 3 is 2.38 bits per heavy atom. The minimum absolute atomic E-state index is 0.0154. The third-order valence-electron chi connectivity index (χ3n) is 6.88. The van der Waals surface area contributed by atoms with E-state index in [0.717, 1.165) is 44.9 Å². The number of benzene rings is 1. The van der Waals surface area contributed by atoms with Crippen LogP contribution in [0.2, 0.25) is 0 Å². The zero-order valence-electron chi connectivity index (χ0n) is 17.5. The number of amides is 2. The number of ether oxygens (including phenoxy) is 2. The van der Waals surface area contributed by atoms with E-state index in [9.17, 15) is 9.59 Å². The molecule has 1 aromatic carbocycles. The zero-order valence-corrected chi connectivity index (χ0v) is 17.5. The van der Waals surface area contributed by atoms with Crippen LogP contribution in [0.5, 0.6) is 0 Å². The van der Waals surface area contributed by atoms with Crippen molar-refractivity contribution in [2.45, 2.75) is 63.3 Å². The van der Waals surface area contributed by atoms with E-state index in [2.05, 4.69) is 18.2 Å². The predicted molar refractivity (Wildman–Crippen MR) is 109 cm³/mol. The third-order valence-corrected chi connectivity index (χ3v) is 6.88. The smallest absolute Gasteiger partial charge is 0.245 e. The minimum atomic E-state index is -0.415. The number of hydrogen-bond acceptors (Lipinski definition) is 4. The summed E-state index contributed by atoms with van der Waals surface area (Å²) in [5, 5.41) is 0. The fourth-order valence-corrected chi connectivity index (χ4v) is 5.38. The number of aryl methyl sites for hydroxylation is 1. The number of carbonyl (C=O) groups is 2. The SMILES string of the molecule is COC(OC)C1CCCN1C(=O)[C@@H]1CCCN1C(=O)[C@@H]1CCc2ccccc2C1. The van der Waals surface area contributed by atoms with Crippen molar-refractivity contribution < 1.29 is 19.1 Å². The maximum absolute atomic E-state index is 13.4. The Balaban J connectivity index is 1.46. The van der Waals surface area contributed by atoms with Gasteiger partial charge < -0.3 is 19.3 Å². The first-order chi connectivity index (χ1) is 14.1. The predicted octanol–water partition coefficient (Wildman–Crippen LogP) is 2.39. The van der Waals surface area contributed by atoms with Gasteiger partial charge in [-0.1, -0.05) is 24.3 Å². The highest BCUT2D eigenvalue weighted by atomic mass is 16.7. The van der Waals surface area contributed by atoms with Crippen LogP contribution in [0.1, 0.15) is 43.2 Å². The second-order valence-corrected chi connectivity index (χ2v) is 8.48. The summed E-state index contributed by atoms with van der Waals surface area (Å²) in [6.07, 6.45) is 5.64. The molecule has 3 aliphatic rings. The van der Waals surface area contributed by atoms with Gasteiger partial charge in [0.15, 0.2) is 6.29 Å². The molecular weight excluding hydrogens is 368 g/mol. The van der Waals surface area contributed by atoms with E-state index in [1.165, 1.54) is 11.1 Å². The van der Waals surface area contributed by atoms with Gasteiger partial charge >= 0.3 is 0 Å². The normalized spacial score (nSPS) is 26.8. The van der Waals surface area contributed by atoms with E-state index in [4.69, 9.17) is 9.47 Å². The number of likely N-dealkylation sites (tertiary alicyclic amines) is 2. The second kappa shape index (κ2) is 8.84. The summed E-state index contributed by atoms with van der Waals surface area (Å²) in [6.45, 7) is 1.39. The average Bonchev–Trinajstić information content (AvgIpc) is 3.43. The number of hydrogen-bond donors (Lipinski definition) is 0. The van der Waals surface area contributed by atoms with E-state index in [1.54, 1.807) is 14.2 Å². The summed E-state index contributed by atoms with van der Waals surface area (Å²) < 4.78 is 10.9. The van der Waals surface area contributed by atoms with Crippen LogP contribution in [0.4, 0.5) is 0 Å². The number of fused-ring (bicyclic) bond motifs is 1. The van der Waals surface area contributed by atoms with Crippen molar-refractivity contribution in [3.8, 4) is 0 Å². The van der Waals surface area contributed by atoms with Gasteiger partial charge in [0, 0.05) is 33.2 Å². The lowest BCUT2D eigenvalue weighted by Gasteiger charge is -2.35. The van der Waals surface area contributed by atoms with E-state index in [-0.39, 0.29) is 29.8 Å². The molecule has 0 bridgehead atoms. The summed E-state index contributed by atoms with van der Waals surface area (Å²) in [4.78, 5) is 30.5. The van der Waals surface area contributed by atoms with Gasteiger partial charge in [-0.2, -0.15) is 0 Å². The van der Waals surface area contributed by atoms with Crippen molar-refractivity contribution in [2.75, 3.05) is 27.3 Å². The molecular formula is C23H32N2O4. The first-order valence-electron chi connectivity index (χ1n) is 10.9. The van der Waals surface area contributed by atoms with Gasteiger partial charge in [-0.15, -0.1) is 0 Å². The Morgan fingerprint density at radius 2 is 1.62 bits per heavy atom. The highest BCUT2D eigenvalue weighted by molar-refractivity contribution is 5.89. The largest absolute Gasteiger partial charge is 0.354 e. The molecule has 2 heterocycles. The van der Waals surface area contributed by atoms with Crippen LogP contribution in [0.15, 0.2) is 24.3 Å². The summed E-state index contributed by atoms with van der Waals surface area (Å²) in [7, 11) is 3.23. The van der Waals surface area contributed by atoms with Crippen molar-refractivity contribution in [1.29, 1.82) is 0 Å². The maximum atomic E-state index is 13.4. The fraction of sp³-hybridized carbons (Fsp3) is 0.652. The molecule has 6 heteroatoms. The molecule has 0 radical (unpaired) electrons. The quantitative estimate of drug-likeness (QED) is 0.712. The molecule has 1 aromatic rings. The summed E-state index contributed by atoms with van der Waals surface area (Å²) in [6, 6.07) is 7.99. The molecule has 1 aliphatic carbocycles. The molecule has 0 N–H and O–H groups in total. The van der Waals surface area contributed by atoms with E-state index >= 15 is 0 Å². The summed E-state index contributed by atoms with van der Waals surface area (Å²) in [5.41, 5.74) is 2.64. The molecule has 2 saturated heterocycles. The van der Waals surface area contributed by atoms with E-state index < -0.39 is 6.29 Å². The van der Waals surface area contributed by atoms with Crippen LogP contribution >= 0.6 is 0 Å². The van der Waals surface area contributed by atoms with E-state index in [1.807, 2.05) is 15.9 Å².